The van der Waals surface area contributed by atoms with Crippen molar-refractivity contribution in [3.05, 3.63) is 30.1 Å². The average Bonchev–Trinajstić information content (AvgIpc) is 3.15. The van der Waals surface area contributed by atoms with E-state index in [0.717, 1.165) is 54.7 Å². The first kappa shape index (κ1) is 22.6. The fourth-order valence-corrected chi connectivity index (χ4v) is 4.60. The number of hydrogen-bond acceptors (Lipinski definition) is 7. The highest BCUT2D eigenvalue weighted by molar-refractivity contribution is 7.99. The van der Waals surface area contributed by atoms with Crippen molar-refractivity contribution >= 4 is 17.7 Å². The lowest BCUT2D eigenvalue weighted by atomic mass is 10.0. The molecule has 1 aliphatic rings. The van der Waals surface area contributed by atoms with Gasteiger partial charge in [-0.1, -0.05) is 24.2 Å². The van der Waals surface area contributed by atoms with E-state index in [0.29, 0.717) is 12.4 Å². The zero-order chi connectivity index (χ0) is 21.5. The number of ether oxygens (including phenoxy) is 1. The number of likely N-dealkylation sites (tertiary alicyclic amines) is 1. The van der Waals surface area contributed by atoms with E-state index >= 15 is 0 Å². The van der Waals surface area contributed by atoms with Crippen LogP contribution in [0.4, 0.5) is 0 Å². The first-order valence-electron chi connectivity index (χ1n) is 10.3. The Balaban J connectivity index is 1.78. The van der Waals surface area contributed by atoms with Gasteiger partial charge in [-0.3, -0.25) is 14.3 Å². The second-order valence-corrected chi connectivity index (χ2v) is 8.86. The Morgan fingerprint density at radius 2 is 2.17 bits per heavy atom. The minimum absolute atomic E-state index is 0.0548. The van der Waals surface area contributed by atoms with Gasteiger partial charge < -0.3 is 15.0 Å². The number of nitrogens with zero attached hydrogens (tertiary/aromatic N) is 5. The zero-order valence-electron chi connectivity index (χ0n) is 18.3. The first-order valence-corrected chi connectivity index (χ1v) is 11.3. The molecule has 1 N–H and O–H groups in total. The Labute approximate surface area is 183 Å². The number of thioether (sulfide) groups is 1. The van der Waals surface area contributed by atoms with E-state index < -0.39 is 0 Å². The summed E-state index contributed by atoms with van der Waals surface area (Å²) in [6.45, 7) is 2.24. The van der Waals surface area contributed by atoms with E-state index in [1.54, 1.807) is 18.9 Å². The quantitative estimate of drug-likeness (QED) is 0.608. The molecule has 164 valence electrons. The normalized spacial score (nSPS) is 17.3. The number of hydrogen-bond donors (Lipinski definition) is 1. The van der Waals surface area contributed by atoms with Gasteiger partial charge in [-0.15, -0.1) is 10.2 Å². The molecule has 0 bridgehead atoms. The Morgan fingerprint density at radius 3 is 2.90 bits per heavy atom. The monoisotopic (exact) mass is 432 g/mol. The number of nitrogens with one attached hydrogen (secondary N) is 1. The molecule has 1 aromatic heterocycles. The molecule has 8 nitrogen and oxygen atoms in total. The molecule has 2 aromatic rings. The van der Waals surface area contributed by atoms with Gasteiger partial charge in [0.1, 0.15) is 5.75 Å². The van der Waals surface area contributed by atoms with Gasteiger partial charge in [-0.05, 0) is 52.7 Å². The lowest BCUT2D eigenvalue weighted by Gasteiger charge is -2.31. The molecular formula is C21H32N6O2S. The van der Waals surface area contributed by atoms with Crippen molar-refractivity contribution in [2.45, 2.75) is 37.0 Å². The Hall–Kier alpha value is -2.10. The van der Waals surface area contributed by atoms with Crippen LogP contribution in [0.3, 0.4) is 0 Å². The van der Waals surface area contributed by atoms with Gasteiger partial charge in [0.05, 0.1) is 25.4 Å². The zero-order valence-corrected chi connectivity index (χ0v) is 19.1. The van der Waals surface area contributed by atoms with Crippen molar-refractivity contribution in [2.75, 3.05) is 47.1 Å². The minimum Gasteiger partial charge on any atom is -0.497 e. The van der Waals surface area contributed by atoms with Gasteiger partial charge >= 0.3 is 0 Å². The predicted molar refractivity (Wildman–Crippen MR) is 119 cm³/mol. The molecule has 0 radical (unpaired) electrons. The van der Waals surface area contributed by atoms with E-state index in [9.17, 15) is 4.79 Å². The predicted octanol–water partition coefficient (Wildman–Crippen LogP) is 2.03. The second-order valence-electron chi connectivity index (χ2n) is 7.80. The molecule has 1 fully saturated rings. The average molecular weight is 433 g/mol. The van der Waals surface area contributed by atoms with Crippen LogP contribution < -0.4 is 10.1 Å². The maximum absolute atomic E-state index is 12.7. The Kier molecular flexibility index (Phi) is 8.12. The summed E-state index contributed by atoms with van der Waals surface area (Å²) >= 11 is 1.65. The third-order valence-corrected chi connectivity index (χ3v) is 6.18. The highest BCUT2D eigenvalue weighted by Crippen LogP contribution is 2.25. The van der Waals surface area contributed by atoms with Crippen LogP contribution in [0.25, 0.3) is 5.69 Å². The summed E-state index contributed by atoms with van der Waals surface area (Å²) in [5, 5.41) is 12.7. The fourth-order valence-electron chi connectivity index (χ4n) is 3.53. The topological polar surface area (TPSA) is 75.5 Å². The van der Waals surface area contributed by atoms with E-state index in [4.69, 9.17) is 4.74 Å². The van der Waals surface area contributed by atoms with Crippen LogP contribution in [0.2, 0.25) is 0 Å². The molecule has 1 aromatic carbocycles. The molecule has 1 atom stereocenters. The number of rotatable bonds is 9. The van der Waals surface area contributed by atoms with Crippen molar-refractivity contribution in [1.82, 2.24) is 29.9 Å². The Bertz CT molecular complexity index is 841. The summed E-state index contributed by atoms with van der Waals surface area (Å²) < 4.78 is 7.40. The lowest BCUT2D eigenvalue weighted by molar-refractivity contribution is -0.127. The molecule has 0 aliphatic carbocycles. The van der Waals surface area contributed by atoms with E-state index in [1.165, 1.54) is 0 Å². The highest BCUT2D eigenvalue weighted by Gasteiger charge is 2.26. The Morgan fingerprint density at radius 1 is 1.33 bits per heavy atom. The van der Waals surface area contributed by atoms with Crippen molar-refractivity contribution in [2.24, 2.45) is 0 Å². The van der Waals surface area contributed by atoms with Crippen LogP contribution in [0.1, 0.15) is 25.1 Å². The molecule has 30 heavy (non-hydrogen) atoms. The summed E-state index contributed by atoms with van der Waals surface area (Å²) in [6.07, 6.45) is 3.14. The number of amides is 1. The van der Waals surface area contributed by atoms with Crippen LogP contribution in [-0.4, -0.2) is 83.6 Å². The number of benzene rings is 1. The molecule has 0 unspecified atom stereocenters. The molecule has 1 saturated heterocycles. The molecule has 2 heterocycles. The molecule has 0 spiro atoms. The molecule has 3 rings (SSSR count). The van der Waals surface area contributed by atoms with Gasteiger partial charge in [0.15, 0.2) is 11.0 Å². The third kappa shape index (κ3) is 5.74. The van der Waals surface area contributed by atoms with Gasteiger partial charge in [0, 0.05) is 18.4 Å². The standard InChI is InChI=1S/C21H32N6O2S/c1-25(2)12-13-30-21-24-23-19(27(21)16-8-7-9-17(14-16)29-4)15-22-20(28)18-10-5-6-11-26(18)3/h7-9,14,18H,5-6,10-13,15H2,1-4H3,(H,22,28)/t18-/m1/s1. The van der Waals surface area contributed by atoms with Crippen LogP contribution in [0, 0.1) is 0 Å². The lowest BCUT2D eigenvalue weighted by Crippen LogP contribution is -2.47. The van der Waals surface area contributed by atoms with E-state index in [-0.39, 0.29) is 11.9 Å². The van der Waals surface area contributed by atoms with E-state index in [1.807, 2.05) is 35.9 Å². The minimum atomic E-state index is -0.0686. The summed E-state index contributed by atoms with van der Waals surface area (Å²) in [4.78, 5) is 17.0. The van der Waals surface area contributed by atoms with Crippen LogP contribution in [-0.2, 0) is 11.3 Å². The summed E-state index contributed by atoms with van der Waals surface area (Å²) in [5.41, 5.74) is 0.922. The van der Waals surface area contributed by atoms with Crippen molar-refractivity contribution in [3.63, 3.8) is 0 Å². The second kappa shape index (κ2) is 10.8. The number of aromatic nitrogens is 3. The fraction of sp³-hybridized carbons (Fsp3) is 0.571. The molecule has 1 amide bonds. The third-order valence-electron chi connectivity index (χ3n) is 5.28. The maximum atomic E-state index is 12.7. The van der Waals surface area contributed by atoms with Crippen molar-refractivity contribution in [3.8, 4) is 11.4 Å². The smallest absolute Gasteiger partial charge is 0.237 e. The molecular weight excluding hydrogens is 400 g/mol. The van der Waals surface area contributed by atoms with Crippen molar-refractivity contribution < 1.29 is 9.53 Å². The van der Waals surface area contributed by atoms with Gasteiger partial charge in [0.25, 0.3) is 0 Å². The van der Waals surface area contributed by atoms with Gasteiger partial charge in [-0.25, -0.2) is 0 Å². The molecule has 1 aliphatic heterocycles. The van der Waals surface area contributed by atoms with Crippen LogP contribution >= 0.6 is 11.8 Å². The maximum Gasteiger partial charge on any atom is 0.237 e. The van der Waals surface area contributed by atoms with Gasteiger partial charge in [0.2, 0.25) is 5.91 Å². The van der Waals surface area contributed by atoms with Gasteiger partial charge in [-0.2, -0.15) is 0 Å². The van der Waals surface area contributed by atoms with E-state index in [2.05, 4.69) is 39.4 Å². The van der Waals surface area contributed by atoms with Crippen molar-refractivity contribution in [1.29, 1.82) is 0 Å². The summed E-state index contributed by atoms with van der Waals surface area (Å²) in [6, 6.07) is 7.75. The van der Waals surface area contributed by atoms with Crippen LogP contribution in [0.15, 0.2) is 29.4 Å². The SMILES string of the molecule is COc1cccc(-n2c(CNC(=O)[C@H]3CCCCN3C)nnc2SCCN(C)C)c1. The highest BCUT2D eigenvalue weighted by atomic mass is 32.2. The summed E-state index contributed by atoms with van der Waals surface area (Å²) in [7, 11) is 7.77. The number of piperidine rings is 1. The number of methoxy groups -OCH3 is 1. The number of carbonyl (C=O) groups is 1. The number of likely N-dealkylation sites (N-methyl/N-ethyl adjacent to an activating group) is 1. The van der Waals surface area contributed by atoms with Crippen LogP contribution in [0.5, 0.6) is 5.75 Å². The largest absolute Gasteiger partial charge is 0.497 e. The summed E-state index contributed by atoms with van der Waals surface area (Å²) in [5.74, 6) is 2.43. The molecule has 9 heteroatoms. The molecule has 0 saturated carbocycles. The first-order chi connectivity index (χ1) is 14.5. The number of carbonyl (C=O) groups excluding carboxylic acids is 1.